The van der Waals surface area contributed by atoms with E-state index in [1.165, 1.54) is 0 Å². The maximum atomic E-state index is 10.9. The summed E-state index contributed by atoms with van der Waals surface area (Å²) in [6.45, 7) is 2.13. The van der Waals surface area contributed by atoms with Crippen molar-refractivity contribution in [2.75, 3.05) is 0 Å². The van der Waals surface area contributed by atoms with Gasteiger partial charge in [0.15, 0.2) is 5.92 Å². The Morgan fingerprint density at radius 2 is 1.72 bits per heavy atom. The van der Waals surface area contributed by atoms with Crippen LogP contribution >= 0.6 is 0 Å². The first-order chi connectivity index (χ1) is 8.56. The Bertz CT molecular complexity index is 300. The molecule has 18 heavy (non-hydrogen) atoms. The zero-order chi connectivity index (χ0) is 13.5. The Hall–Kier alpha value is -1.32. The van der Waals surface area contributed by atoms with E-state index in [1.54, 1.807) is 0 Å². The van der Waals surface area contributed by atoms with Crippen molar-refractivity contribution in [1.82, 2.24) is 0 Å². The van der Waals surface area contributed by atoms with E-state index in [4.69, 9.17) is 10.2 Å². The molecule has 0 heterocycles. The normalized spacial score (nSPS) is 24.6. The molecule has 0 radical (unpaired) electrons. The van der Waals surface area contributed by atoms with E-state index in [0.717, 1.165) is 25.7 Å². The van der Waals surface area contributed by atoms with Gasteiger partial charge in [0, 0.05) is 0 Å². The van der Waals surface area contributed by atoms with E-state index in [0.29, 0.717) is 18.8 Å². The highest BCUT2D eigenvalue weighted by atomic mass is 16.4. The van der Waals surface area contributed by atoms with Crippen molar-refractivity contribution in [2.24, 2.45) is 17.8 Å². The minimum atomic E-state index is -1.23. The van der Waals surface area contributed by atoms with Crippen LogP contribution < -0.4 is 0 Å². The number of unbranched alkanes of at least 4 members (excludes halogenated alkanes) is 1. The molecule has 4 heteroatoms. The number of carbonyl (C=O) groups is 2. The zero-order valence-corrected chi connectivity index (χ0v) is 10.8. The van der Waals surface area contributed by atoms with Gasteiger partial charge in [0.25, 0.3) is 0 Å². The van der Waals surface area contributed by atoms with Crippen LogP contribution in [0.25, 0.3) is 0 Å². The van der Waals surface area contributed by atoms with Crippen molar-refractivity contribution in [3.05, 3.63) is 12.2 Å². The number of carboxylic acid groups (broad SMARTS) is 2. The molecule has 0 aliphatic heterocycles. The molecule has 0 bridgehead atoms. The lowest BCUT2D eigenvalue weighted by Gasteiger charge is -2.28. The summed E-state index contributed by atoms with van der Waals surface area (Å²) in [6.07, 6.45) is 9.80. The average Bonchev–Trinajstić information content (AvgIpc) is 2.30. The minimum absolute atomic E-state index is 0.212. The summed E-state index contributed by atoms with van der Waals surface area (Å²) >= 11 is 0. The SMILES string of the molecule is CCCC=CC1CCC(C(C(=O)O)C(=O)O)CC1. The number of aliphatic carboxylic acids is 2. The molecule has 4 nitrogen and oxygen atoms in total. The van der Waals surface area contributed by atoms with Gasteiger partial charge in [-0.25, -0.2) is 0 Å². The van der Waals surface area contributed by atoms with Crippen LogP contribution in [0, 0.1) is 17.8 Å². The van der Waals surface area contributed by atoms with Gasteiger partial charge in [-0.3, -0.25) is 9.59 Å². The van der Waals surface area contributed by atoms with Gasteiger partial charge in [-0.15, -0.1) is 0 Å². The van der Waals surface area contributed by atoms with Gasteiger partial charge >= 0.3 is 11.9 Å². The maximum absolute atomic E-state index is 10.9. The lowest BCUT2D eigenvalue weighted by Crippen LogP contribution is -2.33. The van der Waals surface area contributed by atoms with Crippen LogP contribution in [0.3, 0.4) is 0 Å². The average molecular weight is 254 g/mol. The first-order valence-electron chi connectivity index (χ1n) is 6.68. The summed E-state index contributed by atoms with van der Waals surface area (Å²) in [5, 5.41) is 17.9. The fourth-order valence-corrected chi connectivity index (χ4v) is 2.64. The van der Waals surface area contributed by atoms with Gasteiger partial charge in [0.05, 0.1) is 0 Å². The van der Waals surface area contributed by atoms with Gasteiger partial charge in [0.2, 0.25) is 0 Å². The van der Waals surface area contributed by atoms with E-state index in [1.807, 2.05) is 0 Å². The standard InChI is InChI=1S/C14H22O4/c1-2-3-4-5-10-6-8-11(9-7-10)12(13(15)16)14(17)18/h4-5,10-12H,2-3,6-9H2,1H3,(H,15,16)(H,17,18). The third-order valence-corrected chi connectivity index (χ3v) is 3.68. The highest BCUT2D eigenvalue weighted by Gasteiger charge is 2.36. The highest BCUT2D eigenvalue weighted by Crippen LogP contribution is 2.34. The molecule has 0 aromatic rings. The number of carboxylic acids is 2. The summed E-state index contributed by atoms with van der Waals surface area (Å²) in [4.78, 5) is 21.9. The largest absolute Gasteiger partial charge is 0.481 e. The predicted octanol–water partition coefficient (Wildman–Crippen LogP) is 2.93. The monoisotopic (exact) mass is 254 g/mol. The van der Waals surface area contributed by atoms with E-state index in [-0.39, 0.29) is 5.92 Å². The molecule has 1 aliphatic rings. The fraction of sp³-hybridized carbons (Fsp3) is 0.714. The molecule has 0 aromatic carbocycles. The molecule has 0 atom stereocenters. The van der Waals surface area contributed by atoms with Crippen molar-refractivity contribution in [1.29, 1.82) is 0 Å². The van der Waals surface area contributed by atoms with Crippen LogP contribution in [-0.4, -0.2) is 22.2 Å². The van der Waals surface area contributed by atoms with E-state index in [9.17, 15) is 9.59 Å². The Balaban J connectivity index is 2.47. The van der Waals surface area contributed by atoms with Gasteiger partial charge in [-0.1, -0.05) is 25.5 Å². The molecule has 102 valence electrons. The summed E-state index contributed by atoms with van der Waals surface area (Å²) in [6, 6.07) is 0. The van der Waals surface area contributed by atoms with E-state index < -0.39 is 17.9 Å². The molecule has 0 aromatic heterocycles. The molecule has 1 aliphatic carbocycles. The first kappa shape index (κ1) is 14.7. The highest BCUT2D eigenvalue weighted by molar-refractivity contribution is 5.93. The van der Waals surface area contributed by atoms with Crippen molar-refractivity contribution >= 4 is 11.9 Å². The third kappa shape index (κ3) is 4.17. The van der Waals surface area contributed by atoms with Crippen LogP contribution in [-0.2, 0) is 9.59 Å². The lowest BCUT2D eigenvalue weighted by atomic mass is 9.75. The van der Waals surface area contributed by atoms with Crippen molar-refractivity contribution < 1.29 is 19.8 Å². The predicted molar refractivity (Wildman–Crippen MR) is 68.3 cm³/mol. The van der Waals surface area contributed by atoms with Crippen LogP contribution in [0.1, 0.15) is 45.4 Å². The van der Waals surface area contributed by atoms with Gasteiger partial charge in [0.1, 0.15) is 0 Å². The Kier molecular flexibility index (Phi) is 5.89. The van der Waals surface area contributed by atoms with Crippen molar-refractivity contribution in [3.8, 4) is 0 Å². The molecular formula is C14H22O4. The van der Waals surface area contributed by atoms with Crippen LogP contribution in [0.5, 0.6) is 0 Å². The third-order valence-electron chi connectivity index (χ3n) is 3.68. The minimum Gasteiger partial charge on any atom is -0.481 e. The second-order valence-corrected chi connectivity index (χ2v) is 5.05. The van der Waals surface area contributed by atoms with Gasteiger partial charge in [-0.05, 0) is 43.9 Å². The first-order valence-corrected chi connectivity index (χ1v) is 6.68. The Morgan fingerprint density at radius 1 is 1.17 bits per heavy atom. The van der Waals surface area contributed by atoms with Gasteiger partial charge in [-0.2, -0.15) is 0 Å². The molecule has 0 spiro atoms. The maximum Gasteiger partial charge on any atom is 0.318 e. The quantitative estimate of drug-likeness (QED) is 0.564. The second-order valence-electron chi connectivity index (χ2n) is 5.05. The molecule has 1 fully saturated rings. The van der Waals surface area contributed by atoms with Crippen LogP contribution in [0.4, 0.5) is 0 Å². The van der Waals surface area contributed by atoms with Crippen LogP contribution in [0.2, 0.25) is 0 Å². The summed E-state index contributed by atoms with van der Waals surface area (Å²) in [5.41, 5.74) is 0. The van der Waals surface area contributed by atoms with Crippen molar-refractivity contribution in [2.45, 2.75) is 45.4 Å². The Morgan fingerprint density at radius 3 is 2.17 bits per heavy atom. The number of allylic oxidation sites excluding steroid dienone is 2. The molecule has 1 saturated carbocycles. The zero-order valence-electron chi connectivity index (χ0n) is 10.8. The molecule has 1 rings (SSSR count). The fourth-order valence-electron chi connectivity index (χ4n) is 2.64. The summed E-state index contributed by atoms with van der Waals surface area (Å²) < 4.78 is 0. The van der Waals surface area contributed by atoms with Crippen molar-refractivity contribution in [3.63, 3.8) is 0 Å². The smallest absolute Gasteiger partial charge is 0.318 e. The Labute approximate surface area is 108 Å². The summed E-state index contributed by atoms with van der Waals surface area (Å²) in [7, 11) is 0. The van der Waals surface area contributed by atoms with E-state index >= 15 is 0 Å². The molecule has 0 saturated heterocycles. The number of hydrogen-bond acceptors (Lipinski definition) is 2. The van der Waals surface area contributed by atoms with Crippen LogP contribution in [0.15, 0.2) is 12.2 Å². The molecule has 0 amide bonds. The number of hydrogen-bond donors (Lipinski definition) is 2. The molecule has 0 unspecified atom stereocenters. The van der Waals surface area contributed by atoms with E-state index in [2.05, 4.69) is 19.1 Å². The lowest BCUT2D eigenvalue weighted by molar-refractivity contribution is -0.158. The summed E-state index contributed by atoms with van der Waals surface area (Å²) in [5.74, 6) is -3.35. The topological polar surface area (TPSA) is 74.6 Å². The second kappa shape index (κ2) is 7.19. The molecule has 2 N–H and O–H groups in total. The number of rotatable bonds is 6. The van der Waals surface area contributed by atoms with Gasteiger partial charge < -0.3 is 10.2 Å². The molecular weight excluding hydrogens is 232 g/mol.